The van der Waals surface area contributed by atoms with Crippen LogP contribution in [0, 0.1) is 0 Å². The second-order valence-electron chi connectivity index (χ2n) is 1.31. The molecule has 0 atom stereocenters. The van der Waals surface area contributed by atoms with E-state index >= 15 is 0 Å². The number of carbonyl (C=O) groups is 1. The van der Waals surface area contributed by atoms with Crippen LogP contribution in [0.2, 0.25) is 0 Å². The van der Waals surface area contributed by atoms with Crippen LogP contribution in [0.25, 0.3) is 0 Å². The summed E-state index contributed by atoms with van der Waals surface area (Å²) in [5.74, 6) is -0.900. The van der Waals surface area contributed by atoms with Crippen LogP contribution < -0.4 is 0 Å². The summed E-state index contributed by atoms with van der Waals surface area (Å²) in [4.78, 5) is 26.1. The number of carbonyl (C=O) groups excluding carboxylic acids is 1. The van der Waals surface area contributed by atoms with Gasteiger partial charge < -0.3 is 4.52 Å². The fourth-order valence-electron chi connectivity index (χ4n) is 0.197. The molecule has 0 aromatic heterocycles. The first-order chi connectivity index (χ1) is 3.95. The van der Waals surface area contributed by atoms with Gasteiger partial charge >= 0.3 is 83.0 Å². The predicted octanol–water partition coefficient (Wildman–Crippen LogP) is -2.72. The largest absolute Gasteiger partial charge is 0.526 e. The Kier molecular flexibility index (Phi) is 21.6. The van der Waals surface area contributed by atoms with Crippen molar-refractivity contribution in [3.63, 3.8) is 0 Å². The van der Waals surface area contributed by atoms with Crippen molar-refractivity contribution in [2.75, 3.05) is 0 Å². The van der Waals surface area contributed by atoms with E-state index in [1.807, 2.05) is 0 Å². The molecule has 0 saturated carbocycles. The predicted molar refractivity (Wildman–Crippen MR) is 54.1 cm³/mol. The molecule has 9 heteroatoms. The monoisotopic (exact) mass is 232 g/mol. The molecule has 0 aliphatic rings. The van der Waals surface area contributed by atoms with Crippen molar-refractivity contribution in [1.29, 1.82) is 0 Å². The number of hydrogen-bond donors (Lipinski definition) is 2. The maximum absolute atomic E-state index is 10.1. The van der Waals surface area contributed by atoms with E-state index in [-0.39, 0.29) is 75.6 Å². The van der Waals surface area contributed by atoms with E-state index in [1.165, 1.54) is 6.92 Å². The summed E-state index contributed by atoms with van der Waals surface area (Å²) in [6.07, 6.45) is -0.0366. The van der Waals surface area contributed by atoms with Gasteiger partial charge in [0.05, 0.1) is 0 Å². The minimum Gasteiger partial charge on any atom is -0.371 e. The average Bonchev–Trinajstić information content (AvgIpc) is 1.62. The Morgan fingerprint density at radius 3 is 1.75 bits per heavy atom. The maximum atomic E-state index is 10.1. The van der Waals surface area contributed by atoms with E-state index in [9.17, 15) is 9.36 Å². The molecule has 0 bridgehead atoms. The zero-order valence-electron chi connectivity index (χ0n) is 4.77. The second-order valence-corrected chi connectivity index (χ2v) is 2.47. The minimum atomic E-state index is -4.59. The van der Waals surface area contributed by atoms with Gasteiger partial charge in [-0.3, -0.25) is 14.6 Å². The Morgan fingerprint density at radius 1 is 1.33 bits per heavy atom. The first-order valence-electron chi connectivity index (χ1n) is 2.23. The standard InChI is InChI=1S/C3H7O5P.3Mg.6H/c1-2-3(4)8-9(5,6)7;;;;;;;;;/h2H2,1H3,(H2,5,6,7);;;;;;;;;. The Hall–Kier alpha value is 1.92. The van der Waals surface area contributed by atoms with Crippen LogP contribution in [0.5, 0.6) is 0 Å². The van der Waals surface area contributed by atoms with Crippen LogP contribution >= 0.6 is 7.82 Å². The SMILES string of the molecule is CCC(=O)OP(=O)(O)O.[MgH2].[MgH2].[MgH2]. The maximum Gasteiger partial charge on any atom is 0.526 e. The van der Waals surface area contributed by atoms with Crippen LogP contribution in [-0.2, 0) is 13.9 Å². The highest BCUT2D eigenvalue weighted by molar-refractivity contribution is 7.46. The van der Waals surface area contributed by atoms with Crippen LogP contribution in [-0.4, -0.2) is 84.9 Å². The normalized spacial score (nSPS) is 8.25. The van der Waals surface area contributed by atoms with Gasteiger partial charge in [0.2, 0.25) is 0 Å². The second kappa shape index (κ2) is 11.0. The third-order valence-corrected chi connectivity index (χ3v) is 0.951. The molecule has 2 N–H and O–H groups in total. The van der Waals surface area contributed by atoms with Crippen molar-refractivity contribution in [1.82, 2.24) is 0 Å². The first-order valence-corrected chi connectivity index (χ1v) is 3.76. The van der Waals surface area contributed by atoms with Crippen molar-refractivity contribution >= 4 is 83.0 Å². The zero-order valence-corrected chi connectivity index (χ0v) is 5.67. The Morgan fingerprint density at radius 2 is 1.67 bits per heavy atom. The topological polar surface area (TPSA) is 83.8 Å². The third kappa shape index (κ3) is 17.9. The molecule has 12 heavy (non-hydrogen) atoms. The summed E-state index contributed by atoms with van der Waals surface area (Å²) in [7, 11) is -4.59. The van der Waals surface area contributed by atoms with Gasteiger partial charge in [0.25, 0.3) is 0 Å². The highest BCUT2D eigenvalue weighted by Crippen LogP contribution is 2.35. The molecule has 0 fully saturated rings. The molecule has 0 aliphatic carbocycles. The van der Waals surface area contributed by atoms with Crippen LogP contribution in [0.3, 0.4) is 0 Å². The molecule has 0 aliphatic heterocycles. The van der Waals surface area contributed by atoms with Crippen molar-refractivity contribution in [2.24, 2.45) is 0 Å². The summed E-state index contributed by atoms with van der Waals surface area (Å²) in [5, 5.41) is 0. The Balaban J connectivity index is -0.000000107. The third-order valence-electron chi connectivity index (χ3n) is 0.509. The molecular formula is C3H13Mg3O5P. The van der Waals surface area contributed by atoms with Gasteiger partial charge in [-0.1, -0.05) is 6.92 Å². The smallest absolute Gasteiger partial charge is 0.371 e. The summed E-state index contributed by atoms with van der Waals surface area (Å²) in [5.41, 5.74) is 0. The molecule has 5 nitrogen and oxygen atoms in total. The van der Waals surface area contributed by atoms with E-state index in [1.54, 1.807) is 0 Å². The van der Waals surface area contributed by atoms with Gasteiger partial charge in [0.15, 0.2) is 0 Å². The van der Waals surface area contributed by atoms with E-state index in [0.717, 1.165) is 0 Å². The van der Waals surface area contributed by atoms with E-state index in [2.05, 4.69) is 4.52 Å². The molecule has 0 saturated heterocycles. The first kappa shape index (κ1) is 23.6. The molecular weight excluding hydrogens is 220 g/mol. The van der Waals surface area contributed by atoms with Crippen molar-refractivity contribution in [3.05, 3.63) is 0 Å². The van der Waals surface area contributed by atoms with E-state index in [4.69, 9.17) is 9.79 Å². The highest BCUT2D eigenvalue weighted by atomic mass is 31.2. The van der Waals surface area contributed by atoms with E-state index < -0.39 is 13.8 Å². The van der Waals surface area contributed by atoms with Crippen molar-refractivity contribution in [2.45, 2.75) is 13.3 Å². The van der Waals surface area contributed by atoms with Gasteiger partial charge in [-0.05, 0) is 0 Å². The van der Waals surface area contributed by atoms with Crippen LogP contribution in [0.4, 0.5) is 0 Å². The van der Waals surface area contributed by atoms with Crippen molar-refractivity contribution in [3.8, 4) is 0 Å². The summed E-state index contributed by atoms with van der Waals surface area (Å²) < 4.78 is 13.5. The molecule has 0 aromatic carbocycles. The number of rotatable bonds is 2. The van der Waals surface area contributed by atoms with Gasteiger partial charge in [-0.15, -0.1) is 0 Å². The highest BCUT2D eigenvalue weighted by Gasteiger charge is 2.18. The number of hydrogen-bond acceptors (Lipinski definition) is 3. The molecule has 0 unspecified atom stereocenters. The number of phosphoric acid groups is 1. The quantitative estimate of drug-likeness (QED) is 0.400. The molecule has 0 spiro atoms. The van der Waals surface area contributed by atoms with Gasteiger partial charge in [0.1, 0.15) is 0 Å². The molecule has 0 aromatic rings. The summed E-state index contributed by atoms with van der Waals surface area (Å²) in [6.45, 7) is 1.44. The Bertz CT molecular complexity index is 156. The number of phosphoric ester groups is 1. The van der Waals surface area contributed by atoms with Crippen LogP contribution in [0.15, 0.2) is 0 Å². The summed E-state index contributed by atoms with van der Waals surface area (Å²) >= 11 is 0. The molecule has 66 valence electrons. The molecule has 0 amide bonds. The van der Waals surface area contributed by atoms with Crippen LogP contribution in [0.1, 0.15) is 13.3 Å². The molecule has 0 rings (SSSR count). The minimum absolute atomic E-state index is 0. The lowest BCUT2D eigenvalue weighted by Crippen LogP contribution is -1.98. The lowest BCUT2D eigenvalue weighted by Gasteiger charge is -2.01. The fourth-order valence-corrected chi connectivity index (χ4v) is 0.592. The lowest BCUT2D eigenvalue weighted by atomic mass is 10.5. The molecule has 0 heterocycles. The summed E-state index contributed by atoms with van der Waals surface area (Å²) in [6, 6.07) is 0. The van der Waals surface area contributed by atoms with Gasteiger partial charge in [-0.2, -0.15) is 0 Å². The van der Waals surface area contributed by atoms with E-state index in [0.29, 0.717) is 0 Å². The van der Waals surface area contributed by atoms with Gasteiger partial charge in [0, 0.05) is 6.42 Å². The molecule has 0 radical (unpaired) electrons. The fraction of sp³-hybridized carbons (Fsp3) is 0.667. The average molecular weight is 233 g/mol. The zero-order chi connectivity index (χ0) is 7.49. The lowest BCUT2D eigenvalue weighted by molar-refractivity contribution is -0.135. The Labute approximate surface area is 119 Å². The van der Waals surface area contributed by atoms with Gasteiger partial charge in [-0.25, -0.2) is 4.57 Å². The van der Waals surface area contributed by atoms with Crippen molar-refractivity contribution < 1.29 is 23.7 Å².